The molecule has 1 aliphatic heterocycles. The first-order chi connectivity index (χ1) is 8.97. The molecule has 0 spiro atoms. The molecule has 2 aliphatic rings. The molecule has 0 radical (unpaired) electrons. The number of esters is 1. The zero-order valence-electron chi connectivity index (χ0n) is 13.1. The summed E-state index contributed by atoms with van der Waals surface area (Å²) in [5, 5.41) is 2.69. The van der Waals surface area contributed by atoms with Gasteiger partial charge in [-0.3, -0.25) is 4.79 Å². The first-order valence-electron chi connectivity index (χ1n) is 7.47. The Hall–Kier alpha value is -0.360. The summed E-state index contributed by atoms with van der Waals surface area (Å²) >= 11 is 0. The predicted octanol–water partition coefficient (Wildman–Crippen LogP) is 2.49. The van der Waals surface area contributed by atoms with Gasteiger partial charge in [0.1, 0.15) is 12.1 Å². The summed E-state index contributed by atoms with van der Waals surface area (Å²) in [5.41, 5.74) is 0. The molecule has 1 saturated carbocycles. The first kappa shape index (κ1) is 20.6. The third-order valence-corrected chi connectivity index (χ3v) is 4.51. The highest BCUT2D eigenvalue weighted by atomic mass is 32.1. The molecule has 21 heavy (non-hydrogen) atoms. The van der Waals surface area contributed by atoms with Crippen molar-refractivity contribution in [1.29, 1.82) is 0 Å². The highest BCUT2D eigenvalue weighted by Gasteiger charge is 2.36. The van der Waals surface area contributed by atoms with E-state index < -0.39 is 6.04 Å². The molecule has 2 rings (SSSR count). The second-order valence-corrected chi connectivity index (χ2v) is 6.46. The Morgan fingerprint density at radius 1 is 1.24 bits per heavy atom. The second-order valence-electron chi connectivity index (χ2n) is 6.46. The van der Waals surface area contributed by atoms with E-state index in [1.165, 1.54) is 6.42 Å². The van der Waals surface area contributed by atoms with Crippen LogP contribution in [0.5, 0.6) is 0 Å². The molecule has 1 unspecified atom stereocenters. The van der Waals surface area contributed by atoms with Crippen LogP contribution in [0.25, 0.3) is 0 Å². The molecule has 4 atom stereocenters. The number of hydrogen-bond acceptors (Lipinski definition) is 3. The van der Waals surface area contributed by atoms with Crippen LogP contribution in [-0.4, -0.2) is 24.0 Å². The van der Waals surface area contributed by atoms with Crippen molar-refractivity contribution in [2.75, 3.05) is 0 Å². The SMILES string of the molecule is CC(C)[C@H]1CC[C@H](C)CC1OC(=O)[C@@H]1CCC(=O)N1.S.S. The fourth-order valence-electron chi connectivity index (χ4n) is 3.27. The molecule has 0 aromatic carbocycles. The first-order valence-corrected chi connectivity index (χ1v) is 7.47. The zero-order valence-corrected chi connectivity index (χ0v) is 15.1. The number of nitrogens with one attached hydrogen (secondary N) is 1. The van der Waals surface area contributed by atoms with Gasteiger partial charge in [-0.15, -0.1) is 0 Å². The van der Waals surface area contributed by atoms with Crippen LogP contribution in [0, 0.1) is 17.8 Å². The van der Waals surface area contributed by atoms with Gasteiger partial charge in [0, 0.05) is 6.42 Å². The average Bonchev–Trinajstić information content (AvgIpc) is 2.75. The molecule has 1 N–H and O–H groups in total. The molecule has 0 aromatic rings. The quantitative estimate of drug-likeness (QED) is 0.806. The molecule has 124 valence electrons. The standard InChI is InChI=1S/C15H25NO3.2H2S/c1-9(2)11-5-4-10(3)8-13(11)19-15(18)12-6-7-14(17)16-12;;/h9-13H,4-8H2,1-3H3,(H,16,17);2*1H2/t10-,11+,12-,13?;;/m0../s1. The Morgan fingerprint density at radius 3 is 2.43 bits per heavy atom. The summed E-state index contributed by atoms with van der Waals surface area (Å²) in [6.45, 7) is 6.60. The van der Waals surface area contributed by atoms with Crippen molar-refractivity contribution in [3.8, 4) is 0 Å². The van der Waals surface area contributed by atoms with Crippen LogP contribution in [0.2, 0.25) is 0 Å². The third kappa shape index (κ3) is 5.40. The normalized spacial score (nSPS) is 31.9. The number of carbonyl (C=O) groups excluding carboxylic acids is 2. The molecule has 2 fully saturated rings. The minimum Gasteiger partial charge on any atom is -0.461 e. The molecular weight excluding hydrogens is 306 g/mol. The maximum absolute atomic E-state index is 12.1. The van der Waals surface area contributed by atoms with Gasteiger partial charge in [0.2, 0.25) is 5.91 Å². The van der Waals surface area contributed by atoms with Crippen molar-refractivity contribution >= 4 is 38.9 Å². The number of ether oxygens (including phenoxy) is 1. The van der Waals surface area contributed by atoms with Gasteiger partial charge < -0.3 is 10.1 Å². The van der Waals surface area contributed by atoms with E-state index in [1.54, 1.807) is 0 Å². The number of carbonyl (C=O) groups is 2. The topological polar surface area (TPSA) is 55.4 Å². The molecule has 1 heterocycles. The van der Waals surface area contributed by atoms with Gasteiger partial charge in [0.15, 0.2) is 0 Å². The third-order valence-electron chi connectivity index (χ3n) is 4.51. The summed E-state index contributed by atoms with van der Waals surface area (Å²) in [5.74, 6) is 1.32. The maximum Gasteiger partial charge on any atom is 0.328 e. The highest BCUT2D eigenvalue weighted by molar-refractivity contribution is 7.59. The number of rotatable bonds is 3. The average molecular weight is 336 g/mol. The highest BCUT2D eigenvalue weighted by Crippen LogP contribution is 2.35. The van der Waals surface area contributed by atoms with E-state index in [-0.39, 0.29) is 45.0 Å². The van der Waals surface area contributed by atoms with Crippen molar-refractivity contribution in [2.45, 2.75) is 65.0 Å². The lowest BCUT2D eigenvalue weighted by atomic mass is 9.75. The lowest BCUT2D eigenvalue weighted by molar-refractivity contribution is -0.158. The Morgan fingerprint density at radius 2 is 1.90 bits per heavy atom. The van der Waals surface area contributed by atoms with Crippen molar-refractivity contribution in [1.82, 2.24) is 5.32 Å². The minimum absolute atomic E-state index is 0. The van der Waals surface area contributed by atoms with Crippen LogP contribution in [0.3, 0.4) is 0 Å². The van der Waals surface area contributed by atoms with Gasteiger partial charge in [0.05, 0.1) is 0 Å². The van der Waals surface area contributed by atoms with E-state index in [9.17, 15) is 9.59 Å². The van der Waals surface area contributed by atoms with Crippen molar-refractivity contribution in [3.63, 3.8) is 0 Å². The molecular formula is C15H29NO3S2. The summed E-state index contributed by atoms with van der Waals surface area (Å²) in [7, 11) is 0. The van der Waals surface area contributed by atoms with E-state index in [2.05, 4.69) is 26.1 Å². The fourth-order valence-corrected chi connectivity index (χ4v) is 3.27. The van der Waals surface area contributed by atoms with E-state index in [1.807, 2.05) is 0 Å². The largest absolute Gasteiger partial charge is 0.461 e. The smallest absolute Gasteiger partial charge is 0.328 e. The van der Waals surface area contributed by atoms with Crippen LogP contribution < -0.4 is 5.32 Å². The lowest BCUT2D eigenvalue weighted by Gasteiger charge is -2.37. The molecule has 0 aromatic heterocycles. The Bertz CT molecular complexity index is 363. The second kappa shape index (κ2) is 8.93. The van der Waals surface area contributed by atoms with Crippen LogP contribution in [0.15, 0.2) is 0 Å². The minimum atomic E-state index is -0.419. The summed E-state index contributed by atoms with van der Waals surface area (Å²) in [4.78, 5) is 23.3. The molecule has 1 aliphatic carbocycles. The van der Waals surface area contributed by atoms with Gasteiger partial charge in [-0.25, -0.2) is 4.79 Å². The molecule has 6 heteroatoms. The molecule has 1 amide bonds. The van der Waals surface area contributed by atoms with Crippen LogP contribution in [0.1, 0.15) is 52.9 Å². The van der Waals surface area contributed by atoms with Gasteiger partial charge >= 0.3 is 5.97 Å². The van der Waals surface area contributed by atoms with Gasteiger partial charge in [-0.05, 0) is 37.0 Å². The monoisotopic (exact) mass is 335 g/mol. The van der Waals surface area contributed by atoms with Crippen molar-refractivity contribution in [2.24, 2.45) is 17.8 Å². The van der Waals surface area contributed by atoms with Crippen molar-refractivity contribution < 1.29 is 14.3 Å². The molecule has 1 saturated heterocycles. The van der Waals surface area contributed by atoms with Gasteiger partial charge in [-0.2, -0.15) is 27.0 Å². The Labute approximate surface area is 141 Å². The van der Waals surface area contributed by atoms with Crippen LogP contribution in [0.4, 0.5) is 0 Å². The zero-order chi connectivity index (χ0) is 14.0. The van der Waals surface area contributed by atoms with E-state index >= 15 is 0 Å². The maximum atomic E-state index is 12.1. The Kier molecular flexibility index (Phi) is 8.78. The van der Waals surface area contributed by atoms with Gasteiger partial charge in [-0.1, -0.05) is 27.2 Å². The number of hydrogen-bond donors (Lipinski definition) is 1. The van der Waals surface area contributed by atoms with Gasteiger partial charge in [0.25, 0.3) is 0 Å². The summed E-state index contributed by atoms with van der Waals surface area (Å²) < 4.78 is 5.71. The summed E-state index contributed by atoms with van der Waals surface area (Å²) in [6.07, 6.45) is 4.34. The van der Waals surface area contributed by atoms with Crippen LogP contribution in [-0.2, 0) is 14.3 Å². The van der Waals surface area contributed by atoms with E-state index in [0.29, 0.717) is 30.6 Å². The van der Waals surface area contributed by atoms with Crippen LogP contribution >= 0.6 is 27.0 Å². The van der Waals surface area contributed by atoms with Crippen molar-refractivity contribution in [3.05, 3.63) is 0 Å². The summed E-state index contributed by atoms with van der Waals surface area (Å²) in [6, 6.07) is -0.419. The van der Waals surface area contributed by atoms with E-state index in [0.717, 1.165) is 12.8 Å². The Balaban J connectivity index is 0.00000200. The number of amides is 1. The molecule has 0 bridgehead atoms. The van der Waals surface area contributed by atoms with E-state index in [4.69, 9.17) is 4.74 Å². The molecule has 4 nitrogen and oxygen atoms in total. The predicted molar refractivity (Wildman–Crippen MR) is 93.1 cm³/mol. The fraction of sp³-hybridized carbons (Fsp3) is 0.867. The lowest BCUT2D eigenvalue weighted by Crippen LogP contribution is -2.41.